The van der Waals surface area contributed by atoms with Crippen LogP contribution in [0.3, 0.4) is 0 Å². The van der Waals surface area contributed by atoms with Gasteiger partial charge in [-0.15, -0.1) is 5.92 Å². The van der Waals surface area contributed by atoms with Crippen LogP contribution in [0.5, 0.6) is 0 Å². The summed E-state index contributed by atoms with van der Waals surface area (Å²) in [7, 11) is 1.38. The van der Waals surface area contributed by atoms with E-state index in [4.69, 9.17) is 9.47 Å². The molecule has 1 aliphatic rings. The van der Waals surface area contributed by atoms with E-state index < -0.39 is 17.6 Å². The topological polar surface area (TPSA) is 60.8 Å². The van der Waals surface area contributed by atoms with Crippen LogP contribution < -0.4 is 0 Å². The Labute approximate surface area is 171 Å². The zero-order valence-electron chi connectivity index (χ0n) is 17.7. The summed E-state index contributed by atoms with van der Waals surface area (Å²) in [6.45, 7) is 9.05. The van der Waals surface area contributed by atoms with Crippen molar-refractivity contribution in [3.05, 3.63) is 35.5 Å². The molecule has 2 heterocycles. The molecule has 0 saturated heterocycles. The van der Waals surface area contributed by atoms with Crippen molar-refractivity contribution in [2.75, 3.05) is 26.7 Å². The van der Waals surface area contributed by atoms with Gasteiger partial charge in [0.05, 0.1) is 19.2 Å². The van der Waals surface area contributed by atoms with E-state index in [9.17, 15) is 9.59 Å². The monoisotopic (exact) mass is 396 g/mol. The van der Waals surface area contributed by atoms with Gasteiger partial charge in [-0.2, -0.15) is 0 Å². The SMILES string of the molecule is CC#CCN1CCc2c(n(C(=O)OC(C)(C)C)c3ccccc23)C(C(=O)OC)C1. The molecule has 1 aliphatic heterocycles. The van der Waals surface area contributed by atoms with E-state index in [-0.39, 0.29) is 5.97 Å². The Bertz CT molecular complexity index is 988. The van der Waals surface area contributed by atoms with E-state index in [1.165, 1.54) is 7.11 Å². The van der Waals surface area contributed by atoms with Crippen LogP contribution in [0.2, 0.25) is 0 Å². The molecule has 0 amide bonds. The first-order chi connectivity index (χ1) is 13.8. The van der Waals surface area contributed by atoms with Crippen molar-refractivity contribution in [3.63, 3.8) is 0 Å². The lowest BCUT2D eigenvalue weighted by atomic mass is 9.99. The number of benzene rings is 1. The summed E-state index contributed by atoms with van der Waals surface area (Å²) in [5, 5.41) is 0.964. The van der Waals surface area contributed by atoms with Gasteiger partial charge in [0.25, 0.3) is 0 Å². The van der Waals surface area contributed by atoms with E-state index in [1.54, 1.807) is 11.5 Å². The maximum Gasteiger partial charge on any atom is 0.419 e. The molecule has 1 atom stereocenters. The third-order valence-electron chi connectivity index (χ3n) is 5.01. The van der Waals surface area contributed by atoms with Crippen LogP contribution in [-0.4, -0.2) is 53.9 Å². The van der Waals surface area contributed by atoms with Gasteiger partial charge in [0, 0.05) is 24.2 Å². The van der Waals surface area contributed by atoms with Crippen molar-refractivity contribution in [3.8, 4) is 11.8 Å². The highest BCUT2D eigenvalue weighted by Gasteiger charge is 2.36. The Morgan fingerprint density at radius 3 is 2.62 bits per heavy atom. The lowest BCUT2D eigenvalue weighted by molar-refractivity contribution is -0.143. The number of carbonyl (C=O) groups excluding carboxylic acids is 2. The smallest absolute Gasteiger partial charge is 0.419 e. The Balaban J connectivity index is 2.20. The predicted octanol–water partition coefficient (Wildman–Crippen LogP) is 3.56. The molecule has 29 heavy (non-hydrogen) atoms. The van der Waals surface area contributed by atoms with Crippen LogP contribution in [0, 0.1) is 11.8 Å². The van der Waals surface area contributed by atoms with Crippen LogP contribution in [0.15, 0.2) is 24.3 Å². The summed E-state index contributed by atoms with van der Waals surface area (Å²) >= 11 is 0. The highest BCUT2D eigenvalue weighted by Crippen LogP contribution is 2.35. The highest BCUT2D eigenvalue weighted by atomic mass is 16.6. The van der Waals surface area contributed by atoms with Gasteiger partial charge in [-0.1, -0.05) is 24.1 Å². The molecular formula is C23H28N2O4. The standard InChI is InChI=1S/C23H28N2O4/c1-6-7-13-24-14-12-17-16-10-8-9-11-19(16)25(22(27)29-23(2,3)4)20(17)18(15-24)21(26)28-5/h8-11,18H,12-15H2,1-5H3. The molecular weight excluding hydrogens is 368 g/mol. The first-order valence-electron chi connectivity index (χ1n) is 9.82. The molecule has 0 saturated carbocycles. The highest BCUT2D eigenvalue weighted by molar-refractivity contribution is 5.96. The number of methoxy groups -OCH3 is 1. The van der Waals surface area contributed by atoms with Crippen LogP contribution in [0.4, 0.5) is 4.79 Å². The largest absolute Gasteiger partial charge is 0.468 e. The molecule has 6 heteroatoms. The van der Waals surface area contributed by atoms with Gasteiger partial charge < -0.3 is 9.47 Å². The number of rotatable bonds is 2. The third kappa shape index (κ3) is 4.30. The third-order valence-corrected chi connectivity index (χ3v) is 5.01. The Kier molecular flexibility index (Phi) is 5.99. The number of esters is 1. The van der Waals surface area contributed by atoms with E-state index in [1.807, 2.05) is 45.0 Å². The van der Waals surface area contributed by atoms with Crippen LogP contribution in [0.25, 0.3) is 10.9 Å². The van der Waals surface area contributed by atoms with Crippen molar-refractivity contribution in [1.29, 1.82) is 0 Å². The quantitative estimate of drug-likeness (QED) is 0.574. The minimum absolute atomic E-state index is 0.366. The minimum Gasteiger partial charge on any atom is -0.468 e. The molecule has 2 aromatic rings. The maximum atomic E-state index is 13.2. The molecule has 154 valence electrons. The van der Waals surface area contributed by atoms with Gasteiger partial charge in [-0.05, 0) is 45.7 Å². The van der Waals surface area contributed by atoms with Crippen LogP contribution >= 0.6 is 0 Å². The van der Waals surface area contributed by atoms with Gasteiger partial charge in [0.15, 0.2) is 0 Å². The average Bonchev–Trinajstić information content (AvgIpc) is 2.88. The fraction of sp³-hybridized carbons (Fsp3) is 0.478. The van der Waals surface area contributed by atoms with Gasteiger partial charge >= 0.3 is 12.1 Å². The zero-order valence-corrected chi connectivity index (χ0v) is 17.7. The summed E-state index contributed by atoms with van der Waals surface area (Å²) in [4.78, 5) is 28.1. The second-order valence-electron chi connectivity index (χ2n) is 8.18. The average molecular weight is 396 g/mol. The molecule has 0 radical (unpaired) electrons. The van der Waals surface area contributed by atoms with Crippen molar-refractivity contribution < 1.29 is 19.1 Å². The Hall–Kier alpha value is -2.78. The number of hydrogen-bond donors (Lipinski definition) is 0. The maximum absolute atomic E-state index is 13.2. The number of carbonyl (C=O) groups is 2. The van der Waals surface area contributed by atoms with Crippen molar-refractivity contribution >= 4 is 23.0 Å². The van der Waals surface area contributed by atoms with Gasteiger partial charge in [0.1, 0.15) is 11.5 Å². The fourth-order valence-electron chi connectivity index (χ4n) is 3.83. The normalized spacial score (nSPS) is 17.1. The molecule has 0 spiro atoms. The summed E-state index contributed by atoms with van der Waals surface area (Å²) in [6, 6.07) is 7.71. The van der Waals surface area contributed by atoms with Crippen molar-refractivity contribution in [2.24, 2.45) is 0 Å². The summed E-state index contributed by atoms with van der Waals surface area (Å²) in [5.74, 6) is 5.01. The van der Waals surface area contributed by atoms with E-state index in [0.717, 1.165) is 23.0 Å². The molecule has 0 fully saturated rings. The number of para-hydroxylation sites is 1. The van der Waals surface area contributed by atoms with Gasteiger partial charge in [0.2, 0.25) is 0 Å². The van der Waals surface area contributed by atoms with E-state index in [2.05, 4.69) is 16.7 Å². The summed E-state index contributed by atoms with van der Waals surface area (Å²) < 4.78 is 12.4. The predicted molar refractivity (Wildman–Crippen MR) is 112 cm³/mol. The fourth-order valence-corrected chi connectivity index (χ4v) is 3.83. The molecule has 3 rings (SSSR count). The van der Waals surface area contributed by atoms with Gasteiger partial charge in [-0.3, -0.25) is 9.69 Å². The Morgan fingerprint density at radius 2 is 1.97 bits per heavy atom. The zero-order chi connectivity index (χ0) is 21.2. The molecule has 6 nitrogen and oxygen atoms in total. The lowest BCUT2D eigenvalue weighted by Crippen LogP contribution is -2.34. The molecule has 1 unspecified atom stereocenters. The van der Waals surface area contributed by atoms with Gasteiger partial charge in [-0.25, -0.2) is 9.36 Å². The van der Waals surface area contributed by atoms with Crippen LogP contribution in [-0.2, 0) is 20.7 Å². The summed E-state index contributed by atoms with van der Waals surface area (Å²) in [5.41, 5.74) is 1.76. The molecule has 1 aromatic carbocycles. The summed E-state index contributed by atoms with van der Waals surface area (Å²) in [6.07, 6.45) is 0.232. The van der Waals surface area contributed by atoms with Crippen molar-refractivity contribution in [1.82, 2.24) is 9.47 Å². The second kappa shape index (κ2) is 8.30. The Morgan fingerprint density at radius 1 is 1.24 bits per heavy atom. The first-order valence-corrected chi connectivity index (χ1v) is 9.82. The second-order valence-corrected chi connectivity index (χ2v) is 8.18. The number of fused-ring (bicyclic) bond motifs is 3. The molecule has 1 aromatic heterocycles. The molecule has 0 bridgehead atoms. The van der Waals surface area contributed by atoms with E-state index >= 15 is 0 Å². The number of aromatic nitrogens is 1. The number of hydrogen-bond acceptors (Lipinski definition) is 5. The first kappa shape index (κ1) is 20.9. The van der Waals surface area contributed by atoms with Crippen molar-refractivity contribution in [2.45, 2.75) is 45.6 Å². The minimum atomic E-state index is -0.649. The number of nitrogens with zero attached hydrogens (tertiary/aromatic N) is 2. The molecule has 0 N–H and O–H groups in total. The van der Waals surface area contributed by atoms with E-state index in [0.29, 0.717) is 25.2 Å². The van der Waals surface area contributed by atoms with Crippen LogP contribution in [0.1, 0.15) is 44.9 Å². The lowest BCUT2D eigenvalue weighted by Gasteiger charge is -2.24. The molecule has 0 aliphatic carbocycles. The number of ether oxygens (including phenoxy) is 2.